The van der Waals surface area contributed by atoms with Crippen molar-refractivity contribution in [1.82, 2.24) is 0 Å². The fourth-order valence-electron chi connectivity index (χ4n) is 1.09. The van der Waals surface area contributed by atoms with Crippen molar-refractivity contribution in [3.63, 3.8) is 0 Å². The van der Waals surface area contributed by atoms with Gasteiger partial charge in [0.1, 0.15) is 23.2 Å². The highest BCUT2D eigenvalue weighted by Crippen LogP contribution is 2.19. The van der Waals surface area contributed by atoms with Crippen molar-refractivity contribution in [3.8, 4) is 6.07 Å². The predicted molar refractivity (Wildman–Crippen MR) is 52.2 cm³/mol. The summed E-state index contributed by atoms with van der Waals surface area (Å²) in [6.07, 6.45) is 0. The molecule has 1 aromatic carbocycles. The Morgan fingerprint density at radius 3 is 2.53 bits per heavy atom. The highest BCUT2D eigenvalue weighted by molar-refractivity contribution is 6.03. The maximum absolute atomic E-state index is 13.2. The molecule has 1 N–H and O–H groups in total. The number of carbonyl (C=O) groups is 1. The lowest BCUT2D eigenvalue weighted by atomic mass is 10.1. The van der Waals surface area contributed by atoms with Crippen LogP contribution in [0.2, 0.25) is 0 Å². The van der Waals surface area contributed by atoms with Crippen LogP contribution in [0.15, 0.2) is 29.8 Å². The number of carbonyl (C=O) groups excluding carboxylic acids is 1. The van der Waals surface area contributed by atoms with E-state index in [1.807, 2.05) is 0 Å². The fourth-order valence-corrected chi connectivity index (χ4v) is 1.09. The minimum absolute atomic E-state index is 0.149. The van der Waals surface area contributed by atoms with Crippen LogP contribution in [0.4, 0.5) is 4.39 Å². The third kappa shape index (κ3) is 2.20. The van der Waals surface area contributed by atoms with Gasteiger partial charge in [-0.25, -0.2) is 4.39 Å². The third-order valence-electron chi connectivity index (χ3n) is 1.83. The van der Waals surface area contributed by atoms with E-state index in [0.29, 0.717) is 0 Å². The van der Waals surface area contributed by atoms with E-state index >= 15 is 0 Å². The number of nitrogens with zero attached hydrogens (tertiary/aromatic N) is 1. The molecule has 0 atom stereocenters. The number of aliphatic hydroxyl groups is 1. The normalized spacial score (nSPS) is 11.5. The Hall–Kier alpha value is -2.15. The molecule has 1 rings (SSSR count). The quantitative estimate of drug-likeness (QED) is 0.457. The molecule has 3 nitrogen and oxygen atoms in total. The molecule has 15 heavy (non-hydrogen) atoms. The van der Waals surface area contributed by atoms with Crippen LogP contribution < -0.4 is 0 Å². The zero-order valence-electron chi connectivity index (χ0n) is 7.99. The number of hydrogen-bond acceptors (Lipinski definition) is 3. The van der Waals surface area contributed by atoms with E-state index in [1.54, 1.807) is 6.07 Å². The maximum Gasteiger partial charge on any atom is 0.174 e. The average Bonchev–Trinajstić information content (AvgIpc) is 2.18. The molecule has 0 aliphatic rings. The molecular weight excluding hydrogens is 197 g/mol. The van der Waals surface area contributed by atoms with Crippen LogP contribution in [-0.4, -0.2) is 10.9 Å². The summed E-state index contributed by atoms with van der Waals surface area (Å²) in [5.74, 6) is -1.90. The second kappa shape index (κ2) is 4.38. The first-order valence-corrected chi connectivity index (χ1v) is 4.17. The second-order valence-electron chi connectivity index (χ2n) is 2.87. The lowest BCUT2D eigenvalue weighted by Gasteiger charge is -2.02. The minimum Gasteiger partial charge on any atom is -0.506 e. The minimum atomic E-state index is -0.677. The molecule has 0 aromatic heterocycles. The van der Waals surface area contributed by atoms with Gasteiger partial charge in [-0.1, -0.05) is 12.1 Å². The summed E-state index contributed by atoms with van der Waals surface area (Å²) >= 11 is 0. The Labute approximate surface area is 86.1 Å². The first-order valence-electron chi connectivity index (χ1n) is 4.17. The van der Waals surface area contributed by atoms with Gasteiger partial charge >= 0.3 is 0 Å². The van der Waals surface area contributed by atoms with Gasteiger partial charge in [0.25, 0.3) is 0 Å². The number of benzene rings is 1. The second-order valence-corrected chi connectivity index (χ2v) is 2.87. The number of aliphatic hydroxyl groups excluding tert-OH is 1. The number of hydrogen-bond donors (Lipinski definition) is 1. The monoisotopic (exact) mass is 205 g/mol. The Morgan fingerprint density at radius 1 is 1.47 bits per heavy atom. The molecule has 0 saturated carbocycles. The molecule has 0 aliphatic carbocycles. The Morgan fingerprint density at radius 2 is 2.07 bits per heavy atom. The number of ketones is 1. The molecule has 0 heterocycles. The van der Waals surface area contributed by atoms with Gasteiger partial charge in [-0.3, -0.25) is 4.79 Å². The fraction of sp³-hybridized carbons (Fsp3) is 0.0909. The first-order chi connectivity index (χ1) is 7.07. The zero-order chi connectivity index (χ0) is 11.4. The number of allylic oxidation sites excluding steroid dienone is 1. The van der Waals surface area contributed by atoms with E-state index in [2.05, 4.69) is 0 Å². The van der Waals surface area contributed by atoms with E-state index in [1.165, 1.54) is 18.2 Å². The highest BCUT2D eigenvalue weighted by Gasteiger charge is 2.14. The SMILES string of the molecule is CC(=O)C(C#N)=C(O)c1ccccc1F. The molecule has 4 heteroatoms. The third-order valence-corrected chi connectivity index (χ3v) is 1.83. The van der Waals surface area contributed by atoms with E-state index in [-0.39, 0.29) is 5.56 Å². The molecule has 0 unspecified atom stereocenters. The maximum atomic E-state index is 13.2. The van der Waals surface area contributed by atoms with Crippen molar-refractivity contribution in [1.29, 1.82) is 5.26 Å². The van der Waals surface area contributed by atoms with Gasteiger partial charge in [-0.2, -0.15) is 5.26 Å². The Kier molecular flexibility index (Phi) is 3.19. The van der Waals surface area contributed by atoms with Gasteiger partial charge in [0.2, 0.25) is 0 Å². The summed E-state index contributed by atoms with van der Waals surface area (Å²) in [5, 5.41) is 18.1. The Balaban J connectivity index is 3.37. The standard InChI is InChI=1S/C11H8FNO2/c1-7(14)9(6-13)11(15)8-4-2-3-5-10(8)12/h2-5,15H,1H3. The molecule has 0 fully saturated rings. The van der Waals surface area contributed by atoms with Gasteiger partial charge in [-0.15, -0.1) is 0 Å². The first kappa shape index (κ1) is 10.9. The topological polar surface area (TPSA) is 61.1 Å². The van der Waals surface area contributed by atoms with Crippen LogP contribution in [0, 0.1) is 17.1 Å². The van der Waals surface area contributed by atoms with Crippen LogP contribution >= 0.6 is 0 Å². The lowest BCUT2D eigenvalue weighted by Crippen LogP contribution is -2.00. The van der Waals surface area contributed by atoms with Crippen LogP contribution in [0.25, 0.3) is 5.76 Å². The van der Waals surface area contributed by atoms with Crippen molar-refractivity contribution in [2.45, 2.75) is 6.92 Å². The van der Waals surface area contributed by atoms with Crippen LogP contribution in [0.3, 0.4) is 0 Å². The predicted octanol–water partition coefficient (Wildman–Crippen LogP) is 2.21. The van der Waals surface area contributed by atoms with Crippen LogP contribution in [-0.2, 0) is 4.79 Å². The van der Waals surface area contributed by atoms with Crippen LogP contribution in [0.1, 0.15) is 12.5 Å². The molecule has 0 aliphatic heterocycles. The van der Waals surface area contributed by atoms with Crippen molar-refractivity contribution in [2.24, 2.45) is 0 Å². The summed E-state index contributed by atoms with van der Waals surface area (Å²) < 4.78 is 13.2. The van der Waals surface area contributed by atoms with E-state index in [9.17, 15) is 14.3 Å². The van der Waals surface area contributed by atoms with Crippen molar-refractivity contribution in [3.05, 3.63) is 41.2 Å². The zero-order valence-corrected chi connectivity index (χ0v) is 7.99. The summed E-state index contributed by atoms with van der Waals surface area (Å²) in [4.78, 5) is 10.9. The van der Waals surface area contributed by atoms with Crippen molar-refractivity contribution in [2.75, 3.05) is 0 Å². The summed E-state index contributed by atoms with van der Waals surface area (Å²) in [6.45, 7) is 1.13. The molecule has 0 radical (unpaired) electrons. The molecule has 0 bridgehead atoms. The largest absolute Gasteiger partial charge is 0.506 e. The number of Topliss-reactive ketones (excluding diaryl/α,β-unsaturated/α-hetero) is 1. The average molecular weight is 205 g/mol. The number of nitriles is 1. The molecule has 1 aromatic rings. The van der Waals surface area contributed by atoms with Gasteiger partial charge in [0.05, 0.1) is 5.56 Å². The van der Waals surface area contributed by atoms with Gasteiger partial charge in [0, 0.05) is 6.92 Å². The van der Waals surface area contributed by atoms with Crippen molar-refractivity contribution < 1.29 is 14.3 Å². The number of halogens is 1. The molecule has 0 spiro atoms. The summed E-state index contributed by atoms with van der Waals surface area (Å²) in [5.41, 5.74) is -0.593. The smallest absolute Gasteiger partial charge is 0.174 e. The lowest BCUT2D eigenvalue weighted by molar-refractivity contribution is -0.113. The van der Waals surface area contributed by atoms with Gasteiger partial charge in [-0.05, 0) is 12.1 Å². The molecule has 76 valence electrons. The molecule has 0 amide bonds. The Bertz CT molecular complexity index is 472. The van der Waals surface area contributed by atoms with E-state index in [4.69, 9.17) is 5.26 Å². The van der Waals surface area contributed by atoms with Crippen LogP contribution in [0.5, 0.6) is 0 Å². The molecular formula is C11H8FNO2. The van der Waals surface area contributed by atoms with E-state index in [0.717, 1.165) is 13.0 Å². The molecule has 0 saturated heterocycles. The van der Waals surface area contributed by atoms with Gasteiger partial charge in [0.15, 0.2) is 5.78 Å². The van der Waals surface area contributed by atoms with Crippen molar-refractivity contribution >= 4 is 11.5 Å². The summed E-state index contributed by atoms with van der Waals surface area (Å²) in [7, 11) is 0. The highest BCUT2D eigenvalue weighted by atomic mass is 19.1. The van der Waals surface area contributed by atoms with Gasteiger partial charge < -0.3 is 5.11 Å². The van der Waals surface area contributed by atoms with E-state index < -0.39 is 22.9 Å². The number of rotatable bonds is 2. The summed E-state index contributed by atoms with van der Waals surface area (Å²) in [6, 6.07) is 6.93.